The average Bonchev–Trinajstić information content (AvgIpc) is 2.37. The molecule has 0 saturated heterocycles. The van der Waals surface area contributed by atoms with Gasteiger partial charge in [0, 0.05) is 5.02 Å². The molecule has 106 valence electrons. The molecule has 1 atom stereocenters. The molecule has 0 amide bonds. The normalized spacial score (nSPS) is 12.4. The molecule has 0 aliphatic rings. The third kappa shape index (κ3) is 3.20. The van der Waals surface area contributed by atoms with Crippen molar-refractivity contribution < 1.29 is 4.39 Å². The molecular weight excluding hydrogens is 273 g/mol. The van der Waals surface area contributed by atoms with Gasteiger partial charge in [-0.05, 0) is 60.8 Å². The van der Waals surface area contributed by atoms with Crippen molar-refractivity contribution in [2.24, 2.45) is 0 Å². The van der Waals surface area contributed by atoms with E-state index in [-0.39, 0.29) is 11.9 Å². The van der Waals surface area contributed by atoms with Crippen LogP contribution in [0.5, 0.6) is 0 Å². The van der Waals surface area contributed by atoms with Gasteiger partial charge < -0.3 is 5.32 Å². The molecule has 1 unspecified atom stereocenters. The van der Waals surface area contributed by atoms with Gasteiger partial charge in [-0.1, -0.05) is 36.7 Å². The van der Waals surface area contributed by atoms with Gasteiger partial charge in [0.05, 0.1) is 6.04 Å². The van der Waals surface area contributed by atoms with Gasteiger partial charge in [0.2, 0.25) is 0 Å². The minimum absolute atomic E-state index is 0.0197. The summed E-state index contributed by atoms with van der Waals surface area (Å²) >= 11 is 6.38. The molecule has 1 N–H and O–H groups in total. The molecule has 3 heteroatoms. The smallest absolute Gasteiger partial charge is 0.123 e. The fourth-order valence-corrected chi connectivity index (χ4v) is 2.77. The van der Waals surface area contributed by atoms with Crippen LogP contribution in [-0.2, 0) is 0 Å². The number of hydrogen-bond acceptors (Lipinski definition) is 1. The number of halogens is 2. The van der Waals surface area contributed by atoms with E-state index in [1.54, 1.807) is 6.07 Å². The third-order valence-corrected chi connectivity index (χ3v) is 3.75. The highest BCUT2D eigenvalue weighted by Crippen LogP contribution is 2.31. The maximum atomic E-state index is 13.3. The molecule has 0 radical (unpaired) electrons. The Hall–Kier alpha value is -1.38. The molecule has 0 bridgehead atoms. The van der Waals surface area contributed by atoms with Gasteiger partial charge in [0.25, 0.3) is 0 Å². The van der Waals surface area contributed by atoms with Crippen molar-refractivity contribution in [3.8, 4) is 0 Å². The molecule has 20 heavy (non-hydrogen) atoms. The minimum atomic E-state index is -0.212. The molecule has 0 aromatic heterocycles. The Morgan fingerprint density at radius 3 is 2.40 bits per heavy atom. The molecule has 0 spiro atoms. The van der Waals surface area contributed by atoms with Crippen molar-refractivity contribution in [1.29, 1.82) is 0 Å². The summed E-state index contributed by atoms with van der Waals surface area (Å²) in [4.78, 5) is 0. The van der Waals surface area contributed by atoms with Crippen molar-refractivity contribution in [3.63, 3.8) is 0 Å². The molecule has 1 nitrogen and oxygen atoms in total. The summed E-state index contributed by atoms with van der Waals surface area (Å²) in [6.45, 7) is 6.80. The Labute approximate surface area is 124 Å². The van der Waals surface area contributed by atoms with Crippen LogP contribution in [0.1, 0.15) is 35.2 Å². The summed E-state index contributed by atoms with van der Waals surface area (Å²) in [7, 11) is 0. The molecule has 2 aromatic carbocycles. The Bertz CT molecular complexity index is 558. The maximum absolute atomic E-state index is 13.3. The molecule has 0 aliphatic heterocycles. The number of hydrogen-bond donors (Lipinski definition) is 1. The van der Waals surface area contributed by atoms with E-state index in [9.17, 15) is 4.39 Å². The van der Waals surface area contributed by atoms with Crippen molar-refractivity contribution in [3.05, 3.63) is 69.5 Å². The van der Waals surface area contributed by atoms with Crippen LogP contribution in [0.15, 0.2) is 36.4 Å². The van der Waals surface area contributed by atoms with E-state index in [0.29, 0.717) is 0 Å². The lowest BCUT2D eigenvalue weighted by Crippen LogP contribution is -2.23. The van der Waals surface area contributed by atoms with Gasteiger partial charge >= 0.3 is 0 Å². The molecule has 0 aliphatic carbocycles. The lowest BCUT2D eigenvalue weighted by Gasteiger charge is -2.22. The van der Waals surface area contributed by atoms with Crippen molar-refractivity contribution in [1.82, 2.24) is 5.32 Å². The van der Waals surface area contributed by atoms with Crippen molar-refractivity contribution >= 4 is 11.6 Å². The van der Waals surface area contributed by atoms with Gasteiger partial charge in [0.1, 0.15) is 5.82 Å². The monoisotopic (exact) mass is 291 g/mol. The van der Waals surface area contributed by atoms with Gasteiger partial charge in [0.15, 0.2) is 0 Å². The van der Waals surface area contributed by atoms with Crippen molar-refractivity contribution in [2.75, 3.05) is 6.54 Å². The highest BCUT2D eigenvalue weighted by Gasteiger charge is 2.18. The minimum Gasteiger partial charge on any atom is -0.306 e. The van der Waals surface area contributed by atoms with Gasteiger partial charge in [-0.2, -0.15) is 0 Å². The lowest BCUT2D eigenvalue weighted by atomic mass is 9.94. The molecule has 0 fully saturated rings. The number of rotatable bonds is 4. The molecular formula is C17H19ClFN. The van der Waals surface area contributed by atoms with E-state index in [1.807, 2.05) is 45.0 Å². The van der Waals surface area contributed by atoms with E-state index >= 15 is 0 Å². The summed E-state index contributed by atoms with van der Waals surface area (Å²) < 4.78 is 13.3. The first-order valence-corrected chi connectivity index (χ1v) is 7.16. The SMILES string of the molecule is CCNC(c1ccc(F)cc1C)c1ccc(C)cc1Cl. The average molecular weight is 292 g/mol. The Morgan fingerprint density at radius 1 is 1.10 bits per heavy atom. The first-order chi connectivity index (χ1) is 9.52. The molecule has 0 saturated carbocycles. The predicted molar refractivity (Wildman–Crippen MR) is 82.8 cm³/mol. The second kappa shape index (κ2) is 6.38. The zero-order valence-electron chi connectivity index (χ0n) is 12.0. The Morgan fingerprint density at radius 2 is 1.80 bits per heavy atom. The predicted octanol–water partition coefficient (Wildman–Crippen LogP) is 4.79. The van der Waals surface area contributed by atoms with E-state index in [0.717, 1.165) is 33.8 Å². The van der Waals surface area contributed by atoms with Crippen molar-refractivity contribution in [2.45, 2.75) is 26.8 Å². The van der Waals surface area contributed by atoms with E-state index in [2.05, 4.69) is 5.32 Å². The van der Waals surface area contributed by atoms with E-state index < -0.39 is 0 Å². The number of nitrogens with one attached hydrogen (secondary N) is 1. The van der Waals surface area contributed by atoms with Crippen LogP contribution in [0.3, 0.4) is 0 Å². The van der Waals surface area contributed by atoms with Crippen LogP contribution in [0.4, 0.5) is 4.39 Å². The zero-order valence-corrected chi connectivity index (χ0v) is 12.8. The van der Waals surface area contributed by atoms with Crippen LogP contribution in [0, 0.1) is 19.7 Å². The largest absolute Gasteiger partial charge is 0.306 e. The quantitative estimate of drug-likeness (QED) is 0.853. The topological polar surface area (TPSA) is 12.0 Å². The van der Waals surface area contributed by atoms with Gasteiger partial charge in [-0.15, -0.1) is 0 Å². The summed E-state index contributed by atoms with van der Waals surface area (Å²) in [5, 5.41) is 4.16. The highest BCUT2D eigenvalue weighted by atomic mass is 35.5. The van der Waals surface area contributed by atoms with E-state index in [1.165, 1.54) is 6.07 Å². The zero-order chi connectivity index (χ0) is 14.7. The summed E-state index contributed by atoms with van der Waals surface area (Å²) in [5.74, 6) is -0.212. The Kier molecular flexibility index (Phi) is 4.79. The molecule has 2 aromatic rings. The Balaban J connectivity index is 2.50. The third-order valence-electron chi connectivity index (χ3n) is 3.42. The fraction of sp³-hybridized carbons (Fsp3) is 0.294. The highest BCUT2D eigenvalue weighted by molar-refractivity contribution is 6.31. The summed E-state index contributed by atoms with van der Waals surface area (Å²) in [5.41, 5.74) is 4.13. The van der Waals surface area contributed by atoms with Crippen LogP contribution in [0.2, 0.25) is 5.02 Å². The van der Waals surface area contributed by atoms with Crippen LogP contribution < -0.4 is 5.32 Å². The van der Waals surface area contributed by atoms with Gasteiger partial charge in [-0.3, -0.25) is 0 Å². The number of aryl methyl sites for hydroxylation is 2. The fourth-order valence-electron chi connectivity index (χ4n) is 2.42. The lowest BCUT2D eigenvalue weighted by molar-refractivity contribution is 0.610. The molecule has 0 heterocycles. The molecule has 2 rings (SSSR count). The van der Waals surface area contributed by atoms with E-state index in [4.69, 9.17) is 11.6 Å². The van der Waals surface area contributed by atoms with Crippen LogP contribution in [-0.4, -0.2) is 6.54 Å². The summed E-state index contributed by atoms with van der Waals surface area (Å²) in [6, 6.07) is 10.9. The maximum Gasteiger partial charge on any atom is 0.123 e. The van der Waals surface area contributed by atoms with Crippen LogP contribution >= 0.6 is 11.6 Å². The second-order valence-corrected chi connectivity index (χ2v) is 5.42. The first kappa shape index (κ1) is 15.0. The standard InChI is InChI=1S/C17H19ClFN/c1-4-20-17(14-8-6-13(19)10-12(14)3)15-7-5-11(2)9-16(15)18/h5-10,17,20H,4H2,1-3H3. The summed E-state index contributed by atoms with van der Waals surface area (Å²) in [6.07, 6.45) is 0. The van der Waals surface area contributed by atoms with Crippen LogP contribution in [0.25, 0.3) is 0 Å². The van der Waals surface area contributed by atoms with Gasteiger partial charge in [-0.25, -0.2) is 4.39 Å². The second-order valence-electron chi connectivity index (χ2n) is 5.02. The first-order valence-electron chi connectivity index (χ1n) is 6.78. The number of benzene rings is 2.